The number of carbonyl (C=O) groups excluding carboxylic acids is 1. The lowest BCUT2D eigenvalue weighted by molar-refractivity contribution is -0.137. The summed E-state index contributed by atoms with van der Waals surface area (Å²) in [7, 11) is 0. The van der Waals surface area contributed by atoms with Crippen LogP contribution in [0.4, 0.5) is 0 Å². The van der Waals surface area contributed by atoms with Crippen molar-refractivity contribution in [1.82, 2.24) is 9.97 Å². The van der Waals surface area contributed by atoms with Crippen molar-refractivity contribution >= 4 is 17.0 Å². The summed E-state index contributed by atoms with van der Waals surface area (Å²) in [6.45, 7) is 3.72. The Morgan fingerprint density at radius 3 is 3.06 bits per heavy atom. The second kappa shape index (κ2) is 5.30. The molecule has 0 bridgehead atoms. The number of aryl methyl sites for hydroxylation is 1. The van der Waals surface area contributed by atoms with Crippen molar-refractivity contribution in [2.24, 2.45) is 0 Å². The number of H-pyrrole nitrogens is 1. The summed E-state index contributed by atoms with van der Waals surface area (Å²) in [6.07, 6.45) is 2.68. The van der Waals surface area contributed by atoms with Gasteiger partial charge in [-0.25, -0.2) is 9.78 Å². The van der Waals surface area contributed by atoms with E-state index in [4.69, 9.17) is 4.74 Å². The van der Waals surface area contributed by atoms with Crippen LogP contribution in [0.2, 0.25) is 0 Å². The predicted molar refractivity (Wildman–Crippen MR) is 65.6 cm³/mol. The molecule has 2 aromatic rings. The van der Waals surface area contributed by atoms with Crippen LogP contribution in [0.3, 0.4) is 0 Å². The third-order valence-corrected chi connectivity index (χ3v) is 2.41. The van der Waals surface area contributed by atoms with Crippen LogP contribution in [0.1, 0.15) is 12.2 Å². The van der Waals surface area contributed by atoms with E-state index < -0.39 is 0 Å². The number of ether oxygens (including phenoxy) is 1. The van der Waals surface area contributed by atoms with Crippen molar-refractivity contribution in [1.29, 1.82) is 0 Å². The maximum Gasteiger partial charge on any atom is 0.330 e. The molecule has 0 radical (unpaired) electrons. The molecular formula is C13H14N2O2. The lowest BCUT2D eigenvalue weighted by Crippen LogP contribution is -2.03. The number of aromatic nitrogens is 2. The molecule has 4 nitrogen and oxygen atoms in total. The number of nitrogens with zero attached hydrogens (tertiary/aromatic N) is 1. The number of hydrogen-bond donors (Lipinski definition) is 1. The highest BCUT2D eigenvalue weighted by Gasteiger charge is 2.02. The van der Waals surface area contributed by atoms with Crippen LogP contribution in [-0.2, 0) is 16.0 Å². The van der Waals surface area contributed by atoms with Gasteiger partial charge in [0.25, 0.3) is 0 Å². The van der Waals surface area contributed by atoms with Crippen molar-refractivity contribution in [3.63, 3.8) is 0 Å². The maximum absolute atomic E-state index is 10.8. The van der Waals surface area contributed by atoms with Gasteiger partial charge in [-0.1, -0.05) is 18.7 Å². The molecule has 1 aromatic carbocycles. The van der Waals surface area contributed by atoms with E-state index in [1.165, 1.54) is 6.08 Å². The molecule has 17 heavy (non-hydrogen) atoms. The molecule has 0 spiro atoms. The minimum atomic E-state index is -0.380. The third kappa shape index (κ3) is 2.93. The Bertz CT molecular complexity index is 498. The zero-order chi connectivity index (χ0) is 12.1. The van der Waals surface area contributed by atoms with Gasteiger partial charge < -0.3 is 9.72 Å². The first-order valence-electron chi connectivity index (χ1n) is 5.52. The molecule has 0 aliphatic heterocycles. The van der Waals surface area contributed by atoms with Gasteiger partial charge >= 0.3 is 5.97 Å². The van der Waals surface area contributed by atoms with Crippen LogP contribution in [0, 0.1) is 0 Å². The second-order valence-corrected chi connectivity index (χ2v) is 3.68. The van der Waals surface area contributed by atoms with Gasteiger partial charge in [0.1, 0.15) is 5.82 Å². The number of aromatic amines is 1. The van der Waals surface area contributed by atoms with Crippen molar-refractivity contribution in [2.75, 3.05) is 6.61 Å². The molecule has 0 atom stereocenters. The zero-order valence-corrected chi connectivity index (χ0v) is 9.48. The highest BCUT2D eigenvalue weighted by molar-refractivity contribution is 5.81. The normalized spacial score (nSPS) is 10.4. The number of carbonyl (C=O) groups is 1. The number of imidazole rings is 1. The summed E-state index contributed by atoms with van der Waals surface area (Å²) in [5.41, 5.74) is 2.00. The molecule has 0 aliphatic carbocycles. The van der Waals surface area contributed by atoms with E-state index in [-0.39, 0.29) is 5.97 Å². The van der Waals surface area contributed by atoms with Gasteiger partial charge in [0.2, 0.25) is 0 Å². The smallest absolute Gasteiger partial charge is 0.330 e. The Hall–Kier alpha value is -2.10. The van der Waals surface area contributed by atoms with Crippen molar-refractivity contribution in [3.8, 4) is 0 Å². The Morgan fingerprint density at radius 2 is 2.29 bits per heavy atom. The van der Waals surface area contributed by atoms with E-state index in [0.717, 1.165) is 29.7 Å². The number of hydrogen-bond acceptors (Lipinski definition) is 3. The first-order chi connectivity index (χ1) is 8.29. The number of rotatable bonds is 5. The summed E-state index contributed by atoms with van der Waals surface area (Å²) in [4.78, 5) is 18.5. The van der Waals surface area contributed by atoms with Crippen molar-refractivity contribution in [3.05, 3.63) is 42.7 Å². The van der Waals surface area contributed by atoms with Gasteiger partial charge in [-0.2, -0.15) is 0 Å². The van der Waals surface area contributed by atoms with Gasteiger partial charge in [0.15, 0.2) is 0 Å². The van der Waals surface area contributed by atoms with Crippen LogP contribution in [0.15, 0.2) is 36.9 Å². The fraction of sp³-hybridized carbons (Fsp3) is 0.231. The average molecular weight is 230 g/mol. The molecule has 1 heterocycles. The minimum absolute atomic E-state index is 0.380. The van der Waals surface area contributed by atoms with Gasteiger partial charge in [-0.3, -0.25) is 0 Å². The summed E-state index contributed by atoms with van der Waals surface area (Å²) in [5.74, 6) is 0.537. The first kappa shape index (κ1) is 11.4. The number of fused-ring (bicyclic) bond motifs is 1. The predicted octanol–water partition coefficient (Wildman–Crippen LogP) is 2.22. The molecule has 1 aromatic heterocycles. The zero-order valence-electron chi connectivity index (χ0n) is 9.48. The van der Waals surface area contributed by atoms with Crippen LogP contribution in [0.5, 0.6) is 0 Å². The molecule has 4 heteroatoms. The van der Waals surface area contributed by atoms with Crippen LogP contribution >= 0.6 is 0 Å². The Morgan fingerprint density at radius 1 is 1.47 bits per heavy atom. The molecule has 88 valence electrons. The highest BCUT2D eigenvalue weighted by atomic mass is 16.5. The fourth-order valence-corrected chi connectivity index (χ4v) is 1.60. The standard InChI is InChI=1S/C13H14N2O2/c1-2-13(16)17-9-5-8-12-14-10-6-3-4-7-11(10)15-12/h2-4,6-7H,1,5,8-9H2,(H,14,15). The summed E-state index contributed by atoms with van der Waals surface area (Å²) >= 11 is 0. The Balaban J connectivity index is 1.87. The third-order valence-electron chi connectivity index (χ3n) is 2.41. The van der Waals surface area contributed by atoms with E-state index in [0.29, 0.717) is 6.61 Å². The topological polar surface area (TPSA) is 55.0 Å². The molecule has 0 fully saturated rings. The monoisotopic (exact) mass is 230 g/mol. The minimum Gasteiger partial charge on any atom is -0.463 e. The van der Waals surface area contributed by atoms with Gasteiger partial charge in [0, 0.05) is 12.5 Å². The lowest BCUT2D eigenvalue weighted by Gasteiger charge is -1.99. The number of para-hydroxylation sites is 2. The van der Waals surface area contributed by atoms with E-state index in [9.17, 15) is 4.79 Å². The first-order valence-corrected chi connectivity index (χ1v) is 5.52. The van der Waals surface area contributed by atoms with E-state index in [1.54, 1.807) is 0 Å². The van der Waals surface area contributed by atoms with Gasteiger partial charge in [-0.05, 0) is 18.6 Å². The molecule has 0 aliphatic rings. The molecule has 0 saturated heterocycles. The molecule has 0 amide bonds. The molecule has 1 N–H and O–H groups in total. The number of esters is 1. The summed E-state index contributed by atoms with van der Waals surface area (Å²) in [5, 5.41) is 0. The Labute approximate surface area is 99.3 Å². The lowest BCUT2D eigenvalue weighted by atomic mass is 10.3. The fourth-order valence-electron chi connectivity index (χ4n) is 1.60. The largest absolute Gasteiger partial charge is 0.463 e. The SMILES string of the molecule is C=CC(=O)OCCCc1nc2ccccc2[nH]1. The van der Waals surface area contributed by atoms with Crippen molar-refractivity contribution < 1.29 is 9.53 Å². The summed E-state index contributed by atoms with van der Waals surface area (Å²) < 4.78 is 4.89. The Kier molecular flexibility index (Phi) is 3.55. The molecule has 0 saturated carbocycles. The van der Waals surface area contributed by atoms with E-state index in [2.05, 4.69) is 16.5 Å². The van der Waals surface area contributed by atoms with Crippen molar-refractivity contribution in [2.45, 2.75) is 12.8 Å². The second-order valence-electron chi connectivity index (χ2n) is 3.68. The molecule has 0 unspecified atom stereocenters. The maximum atomic E-state index is 10.8. The van der Waals surface area contributed by atoms with Crippen LogP contribution in [0.25, 0.3) is 11.0 Å². The average Bonchev–Trinajstić information content (AvgIpc) is 2.76. The molecule has 2 rings (SSSR count). The number of benzene rings is 1. The van der Waals surface area contributed by atoms with E-state index in [1.807, 2.05) is 24.3 Å². The van der Waals surface area contributed by atoms with Gasteiger partial charge in [-0.15, -0.1) is 0 Å². The van der Waals surface area contributed by atoms with Crippen LogP contribution < -0.4 is 0 Å². The van der Waals surface area contributed by atoms with Crippen LogP contribution in [-0.4, -0.2) is 22.5 Å². The molecular weight excluding hydrogens is 216 g/mol. The quantitative estimate of drug-likeness (QED) is 0.487. The van der Waals surface area contributed by atoms with Gasteiger partial charge in [0.05, 0.1) is 17.6 Å². The van der Waals surface area contributed by atoms with E-state index >= 15 is 0 Å². The number of nitrogens with one attached hydrogen (secondary N) is 1. The summed E-state index contributed by atoms with van der Waals surface area (Å²) in [6, 6.07) is 7.88. The highest BCUT2D eigenvalue weighted by Crippen LogP contribution is 2.11.